The molecule has 7 heteroatoms. The third kappa shape index (κ3) is 3.32. The van der Waals surface area contributed by atoms with Gasteiger partial charge in [0.1, 0.15) is 10.7 Å². The molecule has 6 nitrogen and oxygen atoms in total. The Morgan fingerprint density at radius 2 is 1.87 bits per heavy atom. The van der Waals surface area contributed by atoms with Crippen molar-refractivity contribution in [2.24, 2.45) is 5.73 Å². The molecule has 3 heterocycles. The second kappa shape index (κ2) is 7.51. The van der Waals surface area contributed by atoms with Crippen LogP contribution in [0.15, 0.2) is 64.8 Å². The summed E-state index contributed by atoms with van der Waals surface area (Å²) in [5.41, 5.74) is 9.71. The van der Waals surface area contributed by atoms with Crippen LogP contribution in [0.2, 0.25) is 0 Å². The zero-order chi connectivity index (χ0) is 20.7. The number of nitrogens with one attached hydrogen (secondary N) is 1. The number of aromatic nitrogens is 2. The molecule has 150 valence electrons. The van der Waals surface area contributed by atoms with Gasteiger partial charge in [0.05, 0.1) is 18.0 Å². The molecule has 2 aromatic carbocycles. The van der Waals surface area contributed by atoms with Crippen LogP contribution in [0.5, 0.6) is 0 Å². The zero-order valence-electron chi connectivity index (χ0n) is 16.2. The first kappa shape index (κ1) is 18.7. The van der Waals surface area contributed by atoms with Crippen molar-refractivity contribution in [3.05, 3.63) is 87.3 Å². The van der Waals surface area contributed by atoms with Gasteiger partial charge in [-0.2, -0.15) is 0 Å². The standard InChI is InChI=1S/C23H20N4O2S/c24-21(28)18-10-15-8-4-5-9-16(15)11-27(18)12-19-25-22(29)20-17(13-30-23(20)26-19)14-6-2-1-3-7-14/h1-9,13,18H,10-12H2,(H2,24,28)(H,25,26,29)/t18-/m0/s1. The number of thiophene rings is 1. The summed E-state index contributed by atoms with van der Waals surface area (Å²) in [5.74, 6) is 0.176. The van der Waals surface area contributed by atoms with E-state index in [1.54, 1.807) is 0 Å². The maximum absolute atomic E-state index is 12.9. The molecule has 30 heavy (non-hydrogen) atoms. The van der Waals surface area contributed by atoms with Gasteiger partial charge in [0, 0.05) is 17.5 Å². The summed E-state index contributed by atoms with van der Waals surface area (Å²) in [6, 6.07) is 17.4. The highest BCUT2D eigenvalue weighted by Crippen LogP contribution is 2.31. The van der Waals surface area contributed by atoms with Crippen LogP contribution < -0.4 is 11.3 Å². The summed E-state index contributed by atoms with van der Waals surface area (Å²) < 4.78 is 0. The van der Waals surface area contributed by atoms with Crippen LogP contribution in [-0.4, -0.2) is 26.8 Å². The molecule has 0 fully saturated rings. The summed E-state index contributed by atoms with van der Waals surface area (Å²) in [7, 11) is 0. The highest BCUT2D eigenvalue weighted by molar-refractivity contribution is 7.17. The molecule has 4 aromatic rings. The quantitative estimate of drug-likeness (QED) is 0.535. The zero-order valence-corrected chi connectivity index (χ0v) is 17.0. The molecule has 0 aliphatic carbocycles. The maximum Gasteiger partial charge on any atom is 0.260 e. The smallest absolute Gasteiger partial charge is 0.260 e. The van der Waals surface area contributed by atoms with Gasteiger partial charge < -0.3 is 10.7 Å². The molecule has 0 saturated carbocycles. The van der Waals surface area contributed by atoms with E-state index in [-0.39, 0.29) is 11.5 Å². The number of amides is 1. The first-order valence-electron chi connectivity index (χ1n) is 9.76. The number of hydrogen-bond donors (Lipinski definition) is 2. The number of nitrogens with zero attached hydrogens (tertiary/aromatic N) is 2. The lowest BCUT2D eigenvalue weighted by molar-refractivity contribution is -0.124. The van der Waals surface area contributed by atoms with E-state index in [2.05, 4.69) is 11.1 Å². The molecule has 2 aromatic heterocycles. The lowest BCUT2D eigenvalue weighted by atomic mass is 9.93. The van der Waals surface area contributed by atoms with E-state index in [1.165, 1.54) is 16.9 Å². The van der Waals surface area contributed by atoms with E-state index in [9.17, 15) is 9.59 Å². The number of aromatic amines is 1. The summed E-state index contributed by atoms with van der Waals surface area (Å²) in [6.07, 6.45) is 0.565. The van der Waals surface area contributed by atoms with Crippen molar-refractivity contribution >= 4 is 27.5 Å². The van der Waals surface area contributed by atoms with E-state index < -0.39 is 6.04 Å². The number of H-pyrrole nitrogens is 1. The van der Waals surface area contributed by atoms with E-state index in [4.69, 9.17) is 10.7 Å². The van der Waals surface area contributed by atoms with Gasteiger partial charge in [-0.25, -0.2) is 4.98 Å². The van der Waals surface area contributed by atoms with Crippen molar-refractivity contribution in [1.82, 2.24) is 14.9 Å². The predicted molar refractivity (Wildman–Crippen MR) is 118 cm³/mol. The van der Waals surface area contributed by atoms with Crippen molar-refractivity contribution in [3.8, 4) is 11.1 Å². The second-order valence-electron chi connectivity index (χ2n) is 7.50. The number of benzene rings is 2. The Morgan fingerprint density at radius 3 is 2.63 bits per heavy atom. The van der Waals surface area contributed by atoms with Gasteiger partial charge in [0.15, 0.2) is 0 Å². The minimum Gasteiger partial charge on any atom is -0.368 e. The predicted octanol–water partition coefficient (Wildman–Crippen LogP) is 3.06. The minimum absolute atomic E-state index is 0.164. The third-order valence-corrected chi connectivity index (χ3v) is 6.48. The van der Waals surface area contributed by atoms with Crippen LogP contribution in [0.4, 0.5) is 0 Å². The normalized spacial score (nSPS) is 16.5. The fourth-order valence-electron chi connectivity index (χ4n) is 4.11. The van der Waals surface area contributed by atoms with Crippen molar-refractivity contribution in [2.45, 2.75) is 25.6 Å². The van der Waals surface area contributed by atoms with E-state index >= 15 is 0 Å². The van der Waals surface area contributed by atoms with Crippen LogP contribution >= 0.6 is 11.3 Å². The van der Waals surface area contributed by atoms with Crippen LogP contribution in [0.3, 0.4) is 0 Å². The molecule has 0 bridgehead atoms. The van der Waals surface area contributed by atoms with Crippen LogP contribution in [0, 0.1) is 0 Å². The van der Waals surface area contributed by atoms with Gasteiger partial charge in [-0.05, 0) is 23.1 Å². The van der Waals surface area contributed by atoms with Gasteiger partial charge >= 0.3 is 0 Å². The number of fused-ring (bicyclic) bond motifs is 2. The lowest BCUT2D eigenvalue weighted by Gasteiger charge is -2.34. The van der Waals surface area contributed by atoms with Gasteiger partial charge in [-0.3, -0.25) is 14.5 Å². The number of primary amides is 1. The monoisotopic (exact) mass is 416 g/mol. The first-order chi connectivity index (χ1) is 14.6. The molecular formula is C23H20N4O2S. The van der Waals surface area contributed by atoms with Gasteiger partial charge in [-0.15, -0.1) is 11.3 Å². The number of hydrogen-bond acceptors (Lipinski definition) is 5. The van der Waals surface area contributed by atoms with Crippen LogP contribution in [0.1, 0.15) is 17.0 Å². The minimum atomic E-state index is -0.427. The highest BCUT2D eigenvalue weighted by Gasteiger charge is 2.30. The van der Waals surface area contributed by atoms with Crippen molar-refractivity contribution in [3.63, 3.8) is 0 Å². The Balaban J connectivity index is 1.50. The Kier molecular flexibility index (Phi) is 4.69. The number of rotatable bonds is 4. The Labute approximate surface area is 177 Å². The highest BCUT2D eigenvalue weighted by atomic mass is 32.1. The van der Waals surface area contributed by atoms with Crippen LogP contribution in [-0.2, 0) is 24.3 Å². The first-order valence-corrected chi connectivity index (χ1v) is 10.6. The molecule has 0 spiro atoms. The van der Waals surface area contributed by atoms with Gasteiger partial charge in [-0.1, -0.05) is 54.6 Å². The third-order valence-electron chi connectivity index (χ3n) is 5.60. The lowest BCUT2D eigenvalue weighted by Crippen LogP contribution is -2.48. The molecule has 1 aliphatic heterocycles. The molecule has 0 radical (unpaired) electrons. The van der Waals surface area contributed by atoms with Crippen LogP contribution in [0.25, 0.3) is 21.3 Å². The molecule has 1 atom stereocenters. The molecule has 1 amide bonds. The summed E-state index contributed by atoms with van der Waals surface area (Å²) in [5, 5.41) is 2.57. The average molecular weight is 417 g/mol. The van der Waals surface area contributed by atoms with Crippen molar-refractivity contribution in [1.29, 1.82) is 0 Å². The van der Waals surface area contributed by atoms with E-state index in [0.29, 0.717) is 35.6 Å². The van der Waals surface area contributed by atoms with E-state index in [1.807, 2.05) is 58.8 Å². The molecule has 0 unspecified atom stereocenters. The van der Waals surface area contributed by atoms with Gasteiger partial charge in [0.25, 0.3) is 5.56 Å². The fourth-order valence-corrected chi connectivity index (χ4v) is 5.08. The fraction of sp³-hybridized carbons (Fsp3) is 0.174. The van der Waals surface area contributed by atoms with Crippen molar-refractivity contribution < 1.29 is 4.79 Å². The molecule has 5 rings (SSSR count). The molecular weight excluding hydrogens is 396 g/mol. The molecule has 3 N–H and O–H groups in total. The SMILES string of the molecule is NC(=O)[C@@H]1Cc2ccccc2CN1Cc1nc2scc(-c3ccccc3)c2c(=O)[nH]1. The largest absolute Gasteiger partial charge is 0.368 e. The summed E-state index contributed by atoms with van der Waals surface area (Å²) >= 11 is 1.45. The van der Waals surface area contributed by atoms with Crippen molar-refractivity contribution in [2.75, 3.05) is 0 Å². The second-order valence-corrected chi connectivity index (χ2v) is 8.36. The van der Waals surface area contributed by atoms with Gasteiger partial charge in [0.2, 0.25) is 5.91 Å². The maximum atomic E-state index is 12.9. The van der Waals surface area contributed by atoms with E-state index in [0.717, 1.165) is 16.7 Å². The molecule has 1 aliphatic rings. The molecule has 0 saturated heterocycles. The number of carbonyl (C=O) groups is 1. The number of nitrogens with two attached hydrogens (primary N) is 1. The average Bonchev–Trinajstić information content (AvgIpc) is 3.18. The topological polar surface area (TPSA) is 92.1 Å². The Morgan fingerprint density at radius 1 is 1.13 bits per heavy atom. The summed E-state index contributed by atoms with van der Waals surface area (Å²) in [4.78, 5) is 35.3. The Bertz CT molecular complexity index is 1300. The summed E-state index contributed by atoms with van der Waals surface area (Å²) in [6.45, 7) is 0.941. The Hall–Kier alpha value is -3.29. The number of carbonyl (C=O) groups excluding carboxylic acids is 1.